The summed E-state index contributed by atoms with van der Waals surface area (Å²) in [5.74, 6) is 0.0832. The molecule has 1 saturated heterocycles. The zero-order valence-electron chi connectivity index (χ0n) is 14.1. The summed E-state index contributed by atoms with van der Waals surface area (Å²) >= 11 is 0. The molecule has 3 aromatic rings. The number of benzene rings is 2. The highest BCUT2D eigenvalue weighted by Gasteiger charge is 2.23. The fourth-order valence-electron chi connectivity index (χ4n) is 3.42. The fraction of sp³-hybridized carbons (Fsp3) is 0.250. The third-order valence-electron chi connectivity index (χ3n) is 4.78. The lowest BCUT2D eigenvalue weighted by Crippen LogP contribution is -2.48. The summed E-state index contributed by atoms with van der Waals surface area (Å²) in [6.07, 6.45) is 0. The Morgan fingerprint density at radius 2 is 1.80 bits per heavy atom. The standard InChI is InChI=1S/C20H22N4O/c21-17-6-3-4-15(12-17)14-23-8-10-24(11-9-23)20(25)19-13-16-5-1-2-7-18(16)22-19/h1-7,12-13,22H,8-11,14,21H2. The number of aromatic nitrogens is 1. The summed E-state index contributed by atoms with van der Waals surface area (Å²) in [6, 6.07) is 17.9. The van der Waals surface area contributed by atoms with Gasteiger partial charge in [0.2, 0.25) is 0 Å². The number of nitrogens with zero attached hydrogens (tertiary/aromatic N) is 2. The number of nitrogens with two attached hydrogens (primary N) is 1. The van der Waals surface area contributed by atoms with E-state index in [2.05, 4.69) is 16.0 Å². The molecule has 1 fully saturated rings. The van der Waals surface area contributed by atoms with E-state index >= 15 is 0 Å². The van der Waals surface area contributed by atoms with E-state index in [1.807, 2.05) is 53.4 Å². The highest BCUT2D eigenvalue weighted by atomic mass is 16.2. The van der Waals surface area contributed by atoms with E-state index < -0.39 is 0 Å². The van der Waals surface area contributed by atoms with E-state index in [0.29, 0.717) is 5.69 Å². The number of amides is 1. The molecule has 0 bridgehead atoms. The second kappa shape index (κ2) is 6.61. The lowest BCUT2D eigenvalue weighted by molar-refractivity contribution is 0.0623. The Bertz CT molecular complexity index is 860. The zero-order chi connectivity index (χ0) is 17.2. The Balaban J connectivity index is 1.38. The number of rotatable bonds is 3. The molecular weight excluding hydrogens is 312 g/mol. The minimum Gasteiger partial charge on any atom is -0.399 e. The summed E-state index contributed by atoms with van der Waals surface area (Å²) in [7, 11) is 0. The zero-order valence-corrected chi connectivity index (χ0v) is 14.1. The molecule has 0 spiro atoms. The van der Waals surface area contributed by atoms with Crippen molar-refractivity contribution in [2.24, 2.45) is 0 Å². The third kappa shape index (κ3) is 3.37. The van der Waals surface area contributed by atoms with Crippen LogP contribution in [0.4, 0.5) is 5.69 Å². The van der Waals surface area contributed by atoms with Gasteiger partial charge in [-0.25, -0.2) is 0 Å². The van der Waals surface area contributed by atoms with Crippen molar-refractivity contribution in [1.29, 1.82) is 0 Å². The van der Waals surface area contributed by atoms with Crippen LogP contribution in [0.5, 0.6) is 0 Å². The number of carbonyl (C=O) groups is 1. The number of anilines is 1. The van der Waals surface area contributed by atoms with Gasteiger partial charge < -0.3 is 15.6 Å². The minimum absolute atomic E-state index is 0.0832. The second-order valence-corrected chi connectivity index (χ2v) is 6.58. The molecule has 1 aliphatic heterocycles. The van der Waals surface area contributed by atoms with Crippen LogP contribution in [0.3, 0.4) is 0 Å². The van der Waals surface area contributed by atoms with Crippen molar-refractivity contribution in [2.45, 2.75) is 6.54 Å². The molecule has 3 N–H and O–H groups in total. The molecule has 5 nitrogen and oxygen atoms in total. The van der Waals surface area contributed by atoms with E-state index in [4.69, 9.17) is 5.73 Å². The molecule has 0 aliphatic carbocycles. The van der Waals surface area contributed by atoms with Crippen LogP contribution < -0.4 is 5.73 Å². The monoisotopic (exact) mass is 334 g/mol. The van der Waals surface area contributed by atoms with Crippen molar-refractivity contribution < 1.29 is 4.79 Å². The van der Waals surface area contributed by atoms with Gasteiger partial charge in [-0.15, -0.1) is 0 Å². The molecule has 128 valence electrons. The van der Waals surface area contributed by atoms with E-state index in [0.717, 1.165) is 49.3 Å². The number of aromatic amines is 1. The lowest BCUT2D eigenvalue weighted by Gasteiger charge is -2.34. The van der Waals surface area contributed by atoms with Gasteiger partial charge in [-0.2, -0.15) is 0 Å². The van der Waals surface area contributed by atoms with Crippen molar-refractivity contribution in [1.82, 2.24) is 14.8 Å². The normalized spacial score (nSPS) is 15.6. The molecule has 2 heterocycles. The Morgan fingerprint density at radius 3 is 2.56 bits per heavy atom. The lowest BCUT2D eigenvalue weighted by atomic mass is 10.1. The van der Waals surface area contributed by atoms with Crippen LogP contribution in [0, 0.1) is 0 Å². The van der Waals surface area contributed by atoms with Crippen LogP contribution in [0.1, 0.15) is 16.1 Å². The van der Waals surface area contributed by atoms with Crippen molar-refractivity contribution in [2.75, 3.05) is 31.9 Å². The Labute approximate surface area is 147 Å². The predicted octanol–water partition coefficient (Wildman–Crippen LogP) is 2.71. The largest absolute Gasteiger partial charge is 0.399 e. The quantitative estimate of drug-likeness (QED) is 0.724. The van der Waals surface area contributed by atoms with Crippen molar-refractivity contribution in [3.8, 4) is 0 Å². The highest BCUT2D eigenvalue weighted by Crippen LogP contribution is 2.17. The van der Waals surface area contributed by atoms with Crippen LogP contribution in [-0.2, 0) is 6.54 Å². The van der Waals surface area contributed by atoms with E-state index in [9.17, 15) is 4.79 Å². The van der Waals surface area contributed by atoms with Crippen LogP contribution in [0.15, 0.2) is 54.6 Å². The third-order valence-corrected chi connectivity index (χ3v) is 4.78. The Kier molecular flexibility index (Phi) is 4.15. The van der Waals surface area contributed by atoms with Gasteiger partial charge in [0.1, 0.15) is 5.69 Å². The highest BCUT2D eigenvalue weighted by molar-refractivity contribution is 5.98. The first kappa shape index (κ1) is 15.7. The van der Waals surface area contributed by atoms with Gasteiger partial charge in [0.25, 0.3) is 5.91 Å². The average molecular weight is 334 g/mol. The van der Waals surface area contributed by atoms with Crippen LogP contribution in [-0.4, -0.2) is 46.9 Å². The number of carbonyl (C=O) groups excluding carboxylic acids is 1. The number of H-pyrrole nitrogens is 1. The van der Waals surface area contributed by atoms with E-state index in [1.54, 1.807) is 0 Å². The minimum atomic E-state index is 0.0832. The molecule has 0 atom stereocenters. The van der Waals surface area contributed by atoms with Crippen LogP contribution in [0.2, 0.25) is 0 Å². The second-order valence-electron chi connectivity index (χ2n) is 6.58. The molecule has 5 heteroatoms. The van der Waals surface area contributed by atoms with Gasteiger partial charge in [-0.3, -0.25) is 9.69 Å². The molecule has 4 rings (SSSR count). The Morgan fingerprint density at radius 1 is 1.00 bits per heavy atom. The summed E-state index contributed by atoms with van der Waals surface area (Å²) in [6.45, 7) is 4.12. The molecule has 1 aliphatic rings. The summed E-state index contributed by atoms with van der Waals surface area (Å²) in [5, 5.41) is 1.08. The van der Waals surface area contributed by atoms with Gasteiger partial charge in [0.15, 0.2) is 0 Å². The maximum atomic E-state index is 12.7. The summed E-state index contributed by atoms with van der Waals surface area (Å²) in [5.41, 5.74) is 9.54. The van der Waals surface area contributed by atoms with Gasteiger partial charge in [0, 0.05) is 49.3 Å². The number of piperazine rings is 1. The average Bonchev–Trinajstić information content (AvgIpc) is 3.06. The van der Waals surface area contributed by atoms with Crippen molar-refractivity contribution in [3.05, 3.63) is 65.9 Å². The summed E-state index contributed by atoms with van der Waals surface area (Å²) < 4.78 is 0. The molecule has 2 aromatic carbocycles. The maximum Gasteiger partial charge on any atom is 0.270 e. The van der Waals surface area contributed by atoms with Gasteiger partial charge >= 0.3 is 0 Å². The van der Waals surface area contributed by atoms with E-state index in [-0.39, 0.29) is 5.91 Å². The molecule has 0 unspecified atom stereocenters. The SMILES string of the molecule is Nc1cccc(CN2CCN(C(=O)c3cc4ccccc4[nH]3)CC2)c1. The molecule has 0 radical (unpaired) electrons. The summed E-state index contributed by atoms with van der Waals surface area (Å²) in [4.78, 5) is 20.3. The molecule has 1 amide bonds. The van der Waals surface area contributed by atoms with Crippen LogP contribution in [0.25, 0.3) is 10.9 Å². The number of para-hydroxylation sites is 1. The topological polar surface area (TPSA) is 65.4 Å². The fourth-order valence-corrected chi connectivity index (χ4v) is 3.42. The van der Waals surface area contributed by atoms with Gasteiger partial charge in [-0.05, 0) is 29.8 Å². The number of hydrogen-bond donors (Lipinski definition) is 2. The van der Waals surface area contributed by atoms with Crippen molar-refractivity contribution in [3.63, 3.8) is 0 Å². The van der Waals surface area contributed by atoms with Crippen molar-refractivity contribution >= 4 is 22.5 Å². The maximum absolute atomic E-state index is 12.7. The molecular formula is C20H22N4O. The number of nitrogen functional groups attached to an aromatic ring is 1. The number of fused-ring (bicyclic) bond motifs is 1. The predicted molar refractivity (Wildman–Crippen MR) is 100 cm³/mol. The number of hydrogen-bond acceptors (Lipinski definition) is 3. The van der Waals surface area contributed by atoms with Crippen LogP contribution >= 0.6 is 0 Å². The smallest absolute Gasteiger partial charge is 0.270 e. The first-order valence-corrected chi connectivity index (χ1v) is 8.63. The van der Waals surface area contributed by atoms with E-state index in [1.165, 1.54) is 5.56 Å². The molecule has 0 saturated carbocycles. The first-order valence-electron chi connectivity index (χ1n) is 8.63. The van der Waals surface area contributed by atoms with Gasteiger partial charge in [-0.1, -0.05) is 30.3 Å². The Hall–Kier alpha value is -2.79. The first-order chi connectivity index (χ1) is 12.2. The van der Waals surface area contributed by atoms with Gasteiger partial charge in [0.05, 0.1) is 0 Å². The number of nitrogens with one attached hydrogen (secondary N) is 1. The molecule has 25 heavy (non-hydrogen) atoms. The molecule has 1 aromatic heterocycles.